The molecule has 1 unspecified atom stereocenters. The lowest BCUT2D eigenvalue weighted by Crippen LogP contribution is -2.51. The van der Waals surface area contributed by atoms with Gasteiger partial charge in [0, 0.05) is 64.1 Å². The zero-order valence-corrected chi connectivity index (χ0v) is 22.3. The quantitative estimate of drug-likeness (QED) is 0.306. The van der Waals surface area contributed by atoms with Crippen LogP contribution < -0.4 is 20.3 Å². The first-order chi connectivity index (χ1) is 15.5. The van der Waals surface area contributed by atoms with E-state index in [0.717, 1.165) is 61.7 Å². The molecule has 3 rings (SSSR count). The highest BCUT2D eigenvalue weighted by molar-refractivity contribution is 14.0. The van der Waals surface area contributed by atoms with Gasteiger partial charge in [-0.15, -0.1) is 24.0 Å². The van der Waals surface area contributed by atoms with Crippen molar-refractivity contribution >= 4 is 41.5 Å². The van der Waals surface area contributed by atoms with Gasteiger partial charge in [0.15, 0.2) is 5.96 Å². The Hall–Kier alpha value is -2.49. The van der Waals surface area contributed by atoms with Gasteiger partial charge in [0.05, 0.1) is 7.11 Å². The highest BCUT2D eigenvalue weighted by Gasteiger charge is 2.21. The summed E-state index contributed by atoms with van der Waals surface area (Å²) in [6, 6.07) is 16.4. The predicted octanol–water partition coefficient (Wildman–Crippen LogP) is 3.39. The van der Waals surface area contributed by atoms with Gasteiger partial charge in [-0.05, 0) is 49.1 Å². The zero-order valence-electron chi connectivity index (χ0n) is 20.0. The normalized spacial score (nSPS) is 15.9. The van der Waals surface area contributed by atoms with Gasteiger partial charge in [0.25, 0.3) is 5.91 Å². The number of carbonyl (C=O) groups is 1. The summed E-state index contributed by atoms with van der Waals surface area (Å²) < 4.78 is 5.37. The van der Waals surface area contributed by atoms with Gasteiger partial charge in [0.1, 0.15) is 5.75 Å². The second kappa shape index (κ2) is 13.3. The summed E-state index contributed by atoms with van der Waals surface area (Å²) in [7, 11) is 7.04. The number of anilines is 1. The van der Waals surface area contributed by atoms with Crippen LogP contribution in [0.4, 0.5) is 5.69 Å². The summed E-state index contributed by atoms with van der Waals surface area (Å²) in [5.74, 6) is 1.71. The molecule has 1 saturated heterocycles. The van der Waals surface area contributed by atoms with Crippen molar-refractivity contribution in [2.45, 2.75) is 25.3 Å². The van der Waals surface area contributed by atoms with Gasteiger partial charge in [0.2, 0.25) is 0 Å². The molecule has 0 radical (unpaired) electrons. The molecule has 2 aromatic rings. The standard InChI is InChI=1S/C25H35N5O2.HI/c1-26-25(27-14-13-19-8-5-9-20(16-19)24(31)29(2)3)28-21-10-7-15-30(18-21)22-11-6-12-23(17-22)32-4;/h5-6,8-9,11-12,16-17,21H,7,10,13-15,18H2,1-4H3,(H2,26,27,28);1H. The van der Waals surface area contributed by atoms with E-state index in [9.17, 15) is 4.79 Å². The van der Waals surface area contributed by atoms with Crippen LogP contribution in [-0.2, 0) is 6.42 Å². The highest BCUT2D eigenvalue weighted by atomic mass is 127. The molecule has 33 heavy (non-hydrogen) atoms. The molecule has 0 saturated carbocycles. The summed E-state index contributed by atoms with van der Waals surface area (Å²) in [6.07, 6.45) is 3.05. The van der Waals surface area contributed by atoms with Crippen molar-refractivity contribution in [3.05, 3.63) is 59.7 Å². The van der Waals surface area contributed by atoms with Crippen LogP contribution in [0, 0.1) is 0 Å². The van der Waals surface area contributed by atoms with Crippen molar-refractivity contribution < 1.29 is 9.53 Å². The summed E-state index contributed by atoms with van der Waals surface area (Å²) in [5.41, 5.74) is 3.03. The van der Waals surface area contributed by atoms with Crippen LogP contribution in [-0.4, -0.2) is 70.7 Å². The summed E-state index contributed by atoms with van der Waals surface area (Å²) in [4.78, 5) is 20.6. The molecular weight excluding hydrogens is 529 g/mol. The third-order valence-electron chi connectivity index (χ3n) is 5.69. The molecule has 2 aromatic carbocycles. The van der Waals surface area contributed by atoms with E-state index in [4.69, 9.17) is 4.74 Å². The Kier molecular flexibility index (Phi) is 10.8. The van der Waals surface area contributed by atoms with E-state index < -0.39 is 0 Å². The minimum atomic E-state index is 0. The molecule has 8 heteroatoms. The van der Waals surface area contributed by atoms with Crippen LogP contribution in [0.5, 0.6) is 5.75 Å². The number of ether oxygens (including phenoxy) is 1. The molecule has 7 nitrogen and oxygen atoms in total. The third-order valence-corrected chi connectivity index (χ3v) is 5.69. The number of hydrogen-bond acceptors (Lipinski definition) is 4. The van der Waals surface area contributed by atoms with Crippen molar-refractivity contribution in [3.63, 3.8) is 0 Å². The maximum absolute atomic E-state index is 12.2. The Bertz CT molecular complexity index is 935. The highest BCUT2D eigenvalue weighted by Crippen LogP contribution is 2.24. The number of amides is 1. The molecule has 1 fully saturated rings. The molecule has 1 heterocycles. The van der Waals surface area contributed by atoms with E-state index >= 15 is 0 Å². The lowest BCUT2D eigenvalue weighted by Gasteiger charge is -2.35. The van der Waals surface area contributed by atoms with Crippen molar-refractivity contribution in [2.24, 2.45) is 4.99 Å². The number of benzene rings is 2. The van der Waals surface area contributed by atoms with E-state index in [0.29, 0.717) is 6.04 Å². The Labute approximate surface area is 214 Å². The van der Waals surface area contributed by atoms with E-state index in [1.54, 1.807) is 33.2 Å². The molecule has 180 valence electrons. The number of nitrogens with one attached hydrogen (secondary N) is 2. The largest absolute Gasteiger partial charge is 0.497 e. The van der Waals surface area contributed by atoms with Gasteiger partial charge < -0.3 is 25.2 Å². The van der Waals surface area contributed by atoms with Crippen LogP contribution in [0.2, 0.25) is 0 Å². The van der Waals surface area contributed by atoms with Crippen molar-refractivity contribution in [1.29, 1.82) is 0 Å². The average molecular weight is 566 g/mol. The molecule has 1 atom stereocenters. The molecule has 1 aliphatic rings. The van der Waals surface area contributed by atoms with Crippen molar-refractivity contribution in [3.8, 4) is 5.75 Å². The van der Waals surface area contributed by atoms with E-state index in [1.165, 1.54) is 5.69 Å². The monoisotopic (exact) mass is 565 g/mol. The minimum absolute atomic E-state index is 0. The predicted molar refractivity (Wildman–Crippen MR) is 146 cm³/mol. The topological polar surface area (TPSA) is 69.2 Å². The smallest absolute Gasteiger partial charge is 0.253 e. The molecule has 2 N–H and O–H groups in total. The molecular formula is C25H36IN5O2. The van der Waals surface area contributed by atoms with Crippen LogP contribution in [0.15, 0.2) is 53.5 Å². The first-order valence-electron chi connectivity index (χ1n) is 11.2. The first kappa shape index (κ1) is 26.8. The number of rotatable bonds is 7. The fraction of sp³-hybridized carbons (Fsp3) is 0.440. The lowest BCUT2D eigenvalue weighted by atomic mass is 10.0. The van der Waals surface area contributed by atoms with Crippen LogP contribution in [0.25, 0.3) is 0 Å². The van der Waals surface area contributed by atoms with E-state index in [2.05, 4.69) is 38.7 Å². The Morgan fingerprint density at radius 2 is 2.00 bits per heavy atom. The van der Waals surface area contributed by atoms with Gasteiger partial charge >= 0.3 is 0 Å². The fourth-order valence-electron chi connectivity index (χ4n) is 3.97. The average Bonchev–Trinajstić information content (AvgIpc) is 2.83. The molecule has 0 bridgehead atoms. The summed E-state index contributed by atoms with van der Waals surface area (Å²) >= 11 is 0. The van der Waals surface area contributed by atoms with Gasteiger partial charge in [-0.3, -0.25) is 9.79 Å². The number of carbonyl (C=O) groups excluding carboxylic acids is 1. The van der Waals surface area contributed by atoms with E-state index in [-0.39, 0.29) is 29.9 Å². The minimum Gasteiger partial charge on any atom is -0.497 e. The number of methoxy groups -OCH3 is 1. The fourth-order valence-corrected chi connectivity index (χ4v) is 3.97. The summed E-state index contributed by atoms with van der Waals surface area (Å²) in [6.45, 7) is 2.70. The van der Waals surface area contributed by atoms with Gasteiger partial charge in [-0.1, -0.05) is 18.2 Å². The molecule has 1 aliphatic heterocycles. The molecule has 0 spiro atoms. The Balaban J connectivity index is 0.00000385. The number of guanidine groups is 1. The number of nitrogens with zero attached hydrogens (tertiary/aromatic N) is 3. The van der Waals surface area contributed by atoms with Crippen LogP contribution in [0.1, 0.15) is 28.8 Å². The second-order valence-corrected chi connectivity index (χ2v) is 8.28. The Morgan fingerprint density at radius 1 is 1.21 bits per heavy atom. The summed E-state index contributed by atoms with van der Waals surface area (Å²) in [5, 5.41) is 6.98. The zero-order chi connectivity index (χ0) is 22.9. The number of aliphatic imine (C=N–C) groups is 1. The van der Waals surface area contributed by atoms with Gasteiger partial charge in [-0.25, -0.2) is 0 Å². The van der Waals surface area contributed by atoms with Crippen molar-refractivity contribution in [1.82, 2.24) is 15.5 Å². The Morgan fingerprint density at radius 3 is 2.73 bits per heavy atom. The maximum atomic E-state index is 12.2. The maximum Gasteiger partial charge on any atom is 0.253 e. The molecule has 0 aliphatic carbocycles. The van der Waals surface area contributed by atoms with Crippen molar-refractivity contribution in [2.75, 3.05) is 52.8 Å². The second-order valence-electron chi connectivity index (χ2n) is 8.28. The van der Waals surface area contributed by atoms with Crippen LogP contribution >= 0.6 is 24.0 Å². The van der Waals surface area contributed by atoms with E-state index in [1.807, 2.05) is 30.3 Å². The number of halogens is 1. The number of hydrogen-bond donors (Lipinski definition) is 2. The van der Waals surface area contributed by atoms with Gasteiger partial charge in [-0.2, -0.15) is 0 Å². The third kappa shape index (κ3) is 7.80. The lowest BCUT2D eigenvalue weighted by molar-refractivity contribution is 0.0827. The number of piperidine rings is 1. The molecule has 0 aromatic heterocycles. The SMILES string of the molecule is CN=C(NCCc1cccc(C(=O)N(C)C)c1)NC1CCCN(c2cccc(OC)c2)C1.I. The van der Waals surface area contributed by atoms with Crippen LogP contribution in [0.3, 0.4) is 0 Å². The molecule has 1 amide bonds. The first-order valence-corrected chi connectivity index (χ1v) is 11.2.